The zero-order chi connectivity index (χ0) is 13.5. The molecule has 1 rings (SSSR count). The van der Waals surface area contributed by atoms with Crippen LogP contribution in [0.15, 0.2) is 18.2 Å². The highest BCUT2D eigenvalue weighted by Crippen LogP contribution is 2.24. The van der Waals surface area contributed by atoms with Gasteiger partial charge in [-0.2, -0.15) is 0 Å². The third-order valence-corrected chi connectivity index (χ3v) is 2.90. The Bertz CT molecular complexity index is 447. The third kappa shape index (κ3) is 4.24. The van der Waals surface area contributed by atoms with E-state index in [2.05, 4.69) is 19.9 Å². The number of rotatable bonds is 6. The lowest BCUT2D eigenvalue weighted by molar-refractivity contribution is -0.137. The summed E-state index contributed by atoms with van der Waals surface area (Å²) in [5.74, 6) is 0.111. The van der Waals surface area contributed by atoms with Crippen molar-refractivity contribution in [1.82, 2.24) is 0 Å². The van der Waals surface area contributed by atoms with Crippen molar-refractivity contribution in [2.45, 2.75) is 33.1 Å². The molecular weight excluding hydrogens is 228 g/mol. The van der Waals surface area contributed by atoms with E-state index in [1.54, 1.807) is 7.11 Å². The lowest BCUT2D eigenvalue weighted by Gasteiger charge is -2.08. The van der Waals surface area contributed by atoms with E-state index in [9.17, 15) is 4.79 Å². The number of aliphatic carboxylic acids is 1. The Morgan fingerprint density at radius 3 is 2.61 bits per heavy atom. The van der Waals surface area contributed by atoms with Gasteiger partial charge >= 0.3 is 5.97 Å². The summed E-state index contributed by atoms with van der Waals surface area (Å²) in [5.41, 5.74) is 3.46. The largest absolute Gasteiger partial charge is 0.496 e. The summed E-state index contributed by atoms with van der Waals surface area (Å²) < 4.78 is 5.33. The number of unbranched alkanes of at least 4 members (excludes halogenated alkanes) is 1. The molecule has 0 spiro atoms. The number of ether oxygens (including phenoxy) is 1. The first-order chi connectivity index (χ1) is 8.54. The molecule has 1 aromatic carbocycles. The molecule has 0 aliphatic rings. The molecule has 0 saturated carbocycles. The van der Waals surface area contributed by atoms with Crippen LogP contribution in [0.4, 0.5) is 0 Å². The molecule has 18 heavy (non-hydrogen) atoms. The topological polar surface area (TPSA) is 46.5 Å². The molecule has 0 bridgehead atoms. The fourth-order valence-electron chi connectivity index (χ4n) is 1.70. The van der Waals surface area contributed by atoms with Crippen LogP contribution in [-0.2, 0) is 4.79 Å². The molecule has 1 aromatic rings. The lowest BCUT2D eigenvalue weighted by Crippen LogP contribution is -1.93. The van der Waals surface area contributed by atoms with Gasteiger partial charge < -0.3 is 9.84 Å². The Hall–Kier alpha value is -1.77. The third-order valence-electron chi connectivity index (χ3n) is 2.90. The number of carboxylic acid groups (broad SMARTS) is 1. The SMILES string of the molecule is COc1cc(C)c(C)cc1/C=C/CCCC(=O)O. The van der Waals surface area contributed by atoms with Gasteiger partial charge in [-0.25, -0.2) is 0 Å². The van der Waals surface area contributed by atoms with Crippen LogP contribution in [0.1, 0.15) is 36.0 Å². The molecule has 0 amide bonds. The predicted octanol–water partition coefficient (Wildman–Crippen LogP) is 3.58. The van der Waals surface area contributed by atoms with Gasteiger partial charge in [0.15, 0.2) is 0 Å². The van der Waals surface area contributed by atoms with Crippen LogP contribution in [-0.4, -0.2) is 18.2 Å². The van der Waals surface area contributed by atoms with Crippen molar-refractivity contribution in [1.29, 1.82) is 0 Å². The zero-order valence-electron chi connectivity index (χ0n) is 11.2. The van der Waals surface area contributed by atoms with Gasteiger partial charge in [0.25, 0.3) is 0 Å². The second-order valence-corrected chi connectivity index (χ2v) is 4.37. The maximum atomic E-state index is 10.4. The van der Waals surface area contributed by atoms with Crippen molar-refractivity contribution >= 4 is 12.0 Å². The van der Waals surface area contributed by atoms with E-state index in [0.717, 1.165) is 17.7 Å². The zero-order valence-corrected chi connectivity index (χ0v) is 11.2. The molecule has 0 heterocycles. The Morgan fingerprint density at radius 2 is 2.00 bits per heavy atom. The van der Waals surface area contributed by atoms with E-state index in [0.29, 0.717) is 6.42 Å². The average Bonchev–Trinajstić information content (AvgIpc) is 2.32. The van der Waals surface area contributed by atoms with Gasteiger partial charge in [0.1, 0.15) is 5.75 Å². The van der Waals surface area contributed by atoms with Crippen LogP contribution in [0.5, 0.6) is 5.75 Å². The summed E-state index contributed by atoms with van der Waals surface area (Å²) >= 11 is 0. The highest BCUT2D eigenvalue weighted by atomic mass is 16.5. The van der Waals surface area contributed by atoms with Crippen molar-refractivity contribution in [2.75, 3.05) is 7.11 Å². The highest BCUT2D eigenvalue weighted by molar-refractivity contribution is 5.66. The van der Waals surface area contributed by atoms with E-state index < -0.39 is 5.97 Å². The molecule has 0 atom stereocenters. The Labute approximate surface area is 108 Å². The molecule has 0 unspecified atom stereocenters. The van der Waals surface area contributed by atoms with Crippen molar-refractivity contribution in [3.8, 4) is 5.75 Å². The van der Waals surface area contributed by atoms with Crippen molar-refractivity contribution in [3.63, 3.8) is 0 Å². The minimum atomic E-state index is -0.743. The number of aryl methyl sites for hydroxylation is 2. The van der Waals surface area contributed by atoms with Crippen LogP contribution in [0, 0.1) is 13.8 Å². The number of hydrogen-bond donors (Lipinski definition) is 1. The second kappa shape index (κ2) is 6.84. The molecule has 3 heteroatoms. The normalized spacial score (nSPS) is 10.8. The monoisotopic (exact) mass is 248 g/mol. The molecule has 0 saturated heterocycles. The van der Waals surface area contributed by atoms with E-state index in [1.807, 2.05) is 18.2 Å². The molecule has 98 valence electrons. The maximum Gasteiger partial charge on any atom is 0.303 e. The smallest absolute Gasteiger partial charge is 0.303 e. The summed E-state index contributed by atoms with van der Waals surface area (Å²) in [4.78, 5) is 10.4. The Balaban J connectivity index is 2.68. The van der Waals surface area contributed by atoms with Crippen molar-refractivity contribution in [2.24, 2.45) is 0 Å². The fraction of sp³-hybridized carbons (Fsp3) is 0.400. The number of methoxy groups -OCH3 is 1. The van der Waals surface area contributed by atoms with Gasteiger partial charge in [-0.3, -0.25) is 4.79 Å². The fourth-order valence-corrected chi connectivity index (χ4v) is 1.70. The molecule has 0 aliphatic carbocycles. The summed E-state index contributed by atoms with van der Waals surface area (Å²) in [6, 6.07) is 4.11. The van der Waals surface area contributed by atoms with E-state index in [-0.39, 0.29) is 6.42 Å². The van der Waals surface area contributed by atoms with E-state index >= 15 is 0 Å². The number of hydrogen-bond acceptors (Lipinski definition) is 2. The minimum absolute atomic E-state index is 0.217. The van der Waals surface area contributed by atoms with Gasteiger partial charge in [-0.1, -0.05) is 12.2 Å². The Morgan fingerprint density at radius 1 is 1.33 bits per heavy atom. The molecule has 1 N–H and O–H groups in total. The van der Waals surface area contributed by atoms with Crippen LogP contribution in [0.2, 0.25) is 0 Å². The summed E-state index contributed by atoms with van der Waals surface area (Å²) in [6.07, 6.45) is 5.64. The molecule has 0 aromatic heterocycles. The van der Waals surface area contributed by atoms with Crippen LogP contribution in [0.3, 0.4) is 0 Å². The van der Waals surface area contributed by atoms with Crippen LogP contribution < -0.4 is 4.74 Å². The molecular formula is C15H20O3. The first-order valence-electron chi connectivity index (χ1n) is 6.08. The molecule has 0 fully saturated rings. The first-order valence-corrected chi connectivity index (χ1v) is 6.08. The molecule has 0 aliphatic heterocycles. The summed E-state index contributed by atoms with van der Waals surface area (Å²) in [7, 11) is 1.66. The van der Waals surface area contributed by atoms with Gasteiger partial charge in [-0.15, -0.1) is 0 Å². The number of allylic oxidation sites excluding steroid dienone is 1. The number of carbonyl (C=O) groups is 1. The van der Waals surface area contributed by atoms with Gasteiger partial charge in [-0.05, 0) is 49.9 Å². The number of benzene rings is 1. The predicted molar refractivity (Wildman–Crippen MR) is 73.0 cm³/mol. The van der Waals surface area contributed by atoms with Crippen LogP contribution >= 0.6 is 0 Å². The Kier molecular flexibility index (Phi) is 5.43. The van der Waals surface area contributed by atoms with Crippen LogP contribution in [0.25, 0.3) is 6.08 Å². The lowest BCUT2D eigenvalue weighted by atomic mass is 10.0. The van der Waals surface area contributed by atoms with Crippen molar-refractivity contribution < 1.29 is 14.6 Å². The van der Waals surface area contributed by atoms with Gasteiger partial charge in [0, 0.05) is 12.0 Å². The quantitative estimate of drug-likeness (QED) is 0.783. The molecule has 3 nitrogen and oxygen atoms in total. The average molecular weight is 248 g/mol. The van der Waals surface area contributed by atoms with Crippen molar-refractivity contribution in [3.05, 3.63) is 34.9 Å². The van der Waals surface area contributed by atoms with E-state index in [4.69, 9.17) is 9.84 Å². The maximum absolute atomic E-state index is 10.4. The van der Waals surface area contributed by atoms with Gasteiger partial charge in [0.2, 0.25) is 0 Å². The first kappa shape index (κ1) is 14.3. The number of carboxylic acids is 1. The highest BCUT2D eigenvalue weighted by Gasteiger charge is 2.02. The molecule has 0 radical (unpaired) electrons. The second-order valence-electron chi connectivity index (χ2n) is 4.37. The van der Waals surface area contributed by atoms with E-state index in [1.165, 1.54) is 11.1 Å². The summed E-state index contributed by atoms with van der Waals surface area (Å²) in [5, 5.41) is 8.53. The minimum Gasteiger partial charge on any atom is -0.496 e. The van der Waals surface area contributed by atoms with Gasteiger partial charge in [0.05, 0.1) is 7.11 Å². The standard InChI is InChI=1S/C15H20O3/c1-11-9-13(14(18-3)10-12(11)2)7-5-4-6-8-15(16)17/h5,7,9-10H,4,6,8H2,1-3H3,(H,16,17)/b7-5+. The summed E-state index contributed by atoms with van der Waals surface area (Å²) in [6.45, 7) is 4.12.